The molecule has 1 rings (SSSR count). The molecule has 98 valence electrons. The summed E-state index contributed by atoms with van der Waals surface area (Å²) >= 11 is 11.1. The highest BCUT2D eigenvalue weighted by atomic mass is 79.9. The summed E-state index contributed by atoms with van der Waals surface area (Å²) in [6.45, 7) is 6.76. The Morgan fingerprint density at radius 1 is 1.35 bits per heavy atom. The number of aryl methyl sites for hydroxylation is 1. The molecule has 0 radical (unpaired) electrons. The van der Waals surface area contributed by atoms with Crippen LogP contribution in [0, 0.1) is 5.92 Å². The summed E-state index contributed by atoms with van der Waals surface area (Å²) in [6, 6.07) is 2.14. The van der Waals surface area contributed by atoms with E-state index in [0.717, 1.165) is 34.2 Å². The molecule has 17 heavy (non-hydrogen) atoms. The van der Waals surface area contributed by atoms with Gasteiger partial charge in [-0.25, -0.2) is 0 Å². The van der Waals surface area contributed by atoms with Gasteiger partial charge in [0.15, 0.2) is 0 Å². The van der Waals surface area contributed by atoms with Crippen LogP contribution in [0.25, 0.3) is 0 Å². The lowest BCUT2D eigenvalue weighted by molar-refractivity contribution is 0.530. The first-order valence-electron chi connectivity index (χ1n) is 6.24. The molecule has 0 amide bonds. The molecular weight excluding hydrogens is 318 g/mol. The van der Waals surface area contributed by atoms with Crippen LogP contribution >= 0.6 is 38.9 Å². The van der Waals surface area contributed by atoms with Crippen molar-refractivity contribution in [2.24, 2.45) is 5.92 Å². The van der Waals surface area contributed by atoms with Gasteiger partial charge in [0.25, 0.3) is 0 Å². The largest absolute Gasteiger partial charge is 0.316 e. The molecule has 4 heteroatoms. The van der Waals surface area contributed by atoms with E-state index in [2.05, 4.69) is 41.2 Å². The summed E-state index contributed by atoms with van der Waals surface area (Å²) in [6.07, 6.45) is 4.97. The molecule has 0 saturated heterocycles. The predicted octanol–water partition coefficient (Wildman–Crippen LogP) is 5.12. The third-order valence-corrected chi connectivity index (χ3v) is 5.06. The van der Waals surface area contributed by atoms with Crippen molar-refractivity contribution in [1.82, 2.24) is 5.32 Å². The Morgan fingerprint density at radius 3 is 2.71 bits per heavy atom. The van der Waals surface area contributed by atoms with E-state index in [1.54, 1.807) is 11.3 Å². The van der Waals surface area contributed by atoms with E-state index < -0.39 is 0 Å². The maximum absolute atomic E-state index is 6.00. The molecule has 1 aromatic heterocycles. The highest BCUT2D eigenvalue weighted by Gasteiger charge is 2.03. The highest BCUT2D eigenvalue weighted by molar-refractivity contribution is 9.10. The van der Waals surface area contributed by atoms with Crippen molar-refractivity contribution >= 4 is 38.9 Å². The molecule has 0 aliphatic heterocycles. The van der Waals surface area contributed by atoms with Crippen LogP contribution in [0.5, 0.6) is 0 Å². The van der Waals surface area contributed by atoms with Crippen LogP contribution in [-0.4, -0.2) is 13.1 Å². The minimum atomic E-state index is 0.751. The average molecular weight is 339 g/mol. The number of thiophene rings is 1. The maximum atomic E-state index is 6.00. The van der Waals surface area contributed by atoms with E-state index >= 15 is 0 Å². The Labute approximate surface area is 122 Å². The minimum Gasteiger partial charge on any atom is -0.316 e. The van der Waals surface area contributed by atoms with Crippen LogP contribution in [0.4, 0.5) is 0 Å². The molecule has 0 unspecified atom stereocenters. The van der Waals surface area contributed by atoms with E-state index in [-0.39, 0.29) is 0 Å². The van der Waals surface area contributed by atoms with E-state index in [0.29, 0.717) is 0 Å². The molecule has 0 fully saturated rings. The van der Waals surface area contributed by atoms with Gasteiger partial charge >= 0.3 is 0 Å². The zero-order chi connectivity index (χ0) is 12.7. The summed E-state index contributed by atoms with van der Waals surface area (Å²) in [5.41, 5.74) is 0. The van der Waals surface area contributed by atoms with Gasteiger partial charge in [-0.2, -0.15) is 0 Å². The van der Waals surface area contributed by atoms with Gasteiger partial charge in [-0.3, -0.25) is 0 Å². The van der Waals surface area contributed by atoms with Gasteiger partial charge < -0.3 is 5.32 Å². The van der Waals surface area contributed by atoms with Crippen molar-refractivity contribution in [2.45, 2.75) is 39.5 Å². The van der Waals surface area contributed by atoms with Crippen LogP contribution in [0.15, 0.2) is 10.5 Å². The van der Waals surface area contributed by atoms with Crippen molar-refractivity contribution < 1.29 is 0 Å². The number of nitrogens with one attached hydrogen (secondary N) is 1. The SMILES string of the molecule is CC(C)CNCCCCCc1cc(Br)c(Cl)s1. The predicted molar refractivity (Wildman–Crippen MR) is 82.3 cm³/mol. The van der Waals surface area contributed by atoms with Gasteiger partial charge in [0.05, 0.1) is 0 Å². The molecular formula is C13H21BrClNS. The van der Waals surface area contributed by atoms with Crippen LogP contribution in [-0.2, 0) is 6.42 Å². The average Bonchev–Trinajstić information content (AvgIpc) is 2.56. The van der Waals surface area contributed by atoms with Gasteiger partial charge in [0.2, 0.25) is 0 Å². The van der Waals surface area contributed by atoms with E-state index in [4.69, 9.17) is 11.6 Å². The Balaban J connectivity index is 2.01. The topological polar surface area (TPSA) is 12.0 Å². The Hall–Kier alpha value is 0.430. The summed E-state index contributed by atoms with van der Waals surface area (Å²) < 4.78 is 1.91. The lowest BCUT2D eigenvalue weighted by Crippen LogP contribution is -2.20. The molecule has 0 aliphatic carbocycles. The molecule has 0 bridgehead atoms. The van der Waals surface area contributed by atoms with E-state index in [1.807, 2.05) is 0 Å². The van der Waals surface area contributed by atoms with Crippen LogP contribution in [0.1, 0.15) is 38.0 Å². The Morgan fingerprint density at radius 2 is 2.12 bits per heavy atom. The Kier molecular flexibility index (Phi) is 7.76. The van der Waals surface area contributed by atoms with Crippen molar-refractivity contribution in [1.29, 1.82) is 0 Å². The van der Waals surface area contributed by atoms with Gasteiger partial charge in [-0.15, -0.1) is 11.3 Å². The smallest absolute Gasteiger partial charge is 0.107 e. The van der Waals surface area contributed by atoms with Crippen molar-refractivity contribution in [3.05, 3.63) is 19.8 Å². The van der Waals surface area contributed by atoms with Crippen LogP contribution in [0.2, 0.25) is 4.34 Å². The second kappa shape index (κ2) is 8.52. The van der Waals surface area contributed by atoms with Crippen molar-refractivity contribution in [3.63, 3.8) is 0 Å². The fraction of sp³-hybridized carbons (Fsp3) is 0.692. The number of rotatable bonds is 8. The fourth-order valence-electron chi connectivity index (χ4n) is 1.63. The molecule has 0 aromatic carbocycles. The van der Waals surface area contributed by atoms with E-state index in [9.17, 15) is 0 Å². The first-order valence-corrected chi connectivity index (χ1v) is 8.22. The lowest BCUT2D eigenvalue weighted by Gasteiger charge is -2.06. The van der Waals surface area contributed by atoms with Gasteiger partial charge in [-0.1, -0.05) is 31.9 Å². The zero-order valence-corrected chi connectivity index (χ0v) is 13.7. The molecule has 0 saturated carbocycles. The summed E-state index contributed by atoms with van der Waals surface area (Å²) in [5.74, 6) is 0.751. The number of unbranched alkanes of at least 4 members (excludes halogenated alkanes) is 2. The summed E-state index contributed by atoms with van der Waals surface area (Å²) in [7, 11) is 0. The number of hydrogen-bond acceptors (Lipinski definition) is 2. The quantitative estimate of drug-likeness (QED) is 0.648. The minimum absolute atomic E-state index is 0.751. The first-order chi connectivity index (χ1) is 8.09. The molecule has 0 atom stereocenters. The molecule has 0 aliphatic rings. The van der Waals surface area contributed by atoms with Crippen molar-refractivity contribution in [3.8, 4) is 0 Å². The van der Waals surface area contributed by atoms with Crippen LogP contribution in [0.3, 0.4) is 0 Å². The first kappa shape index (κ1) is 15.5. The summed E-state index contributed by atoms with van der Waals surface area (Å²) in [5, 5.41) is 3.47. The number of hydrogen-bond donors (Lipinski definition) is 1. The van der Waals surface area contributed by atoms with E-state index in [1.165, 1.54) is 24.1 Å². The fourth-order valence-corrected chi connectivity index (χ4v) is 3.46. The second-order valence-electron chi connectivity index (χ2n) is 4.74. The standard InChI is InChI=1S/C13H21BrClNS/c1-10(2)9-16-7-5-3-4-6-11-8-12(14)13(15)17-11/h8,10,16H,3-7,9H2,1-2H3. The molecule has 1 aromatic rings. The van der Waals surface area contributed by atoms with Gasteiger partial charge in [0, 0.05) is 9.35 Å². The van der Waals surface area contributed by atoms with Gasteiger partial charge in [0.1, 0.15) is 4.34 Å². The zero-order valence-electron chi connectivity index (χ0n) is 10.6. The molecule has 1 nitrogen and oxygen atoms in total. The molecule has 0 spiro atoms. The lowest BCUT2D eigenvalue weighted by atomic mass is 10.1. The summed E-state index contributed by atoms with van der Waals surface area (Å²) in [4.78, 5) is 1.39. The molecule has 1 heterocycles. The third-order valence-electron chi connectivity index (χ3n) is 2.53. The highest BCUT2D eigenvalue weighted by Crippen LogP contribution is 2.32. The Bertz CT molecular complexity index is 306. The van der Waals surface area contributed by atoms with Crippen LogP contribution < -0.4 is 5.32 Å². The third kappa shape index (κ3) is 6.80. The second-order valence-corrected chi connectivity index (χ2v) is 7.34. The maximum Gasteiger partial charge on any atom is 0.107 e. The van der Waals surface area contributed by atoms with Crippen molar-refractivity contribution in [2.75, 3.05) is 13.1 Å². The monoisotopic (exact) mass is 337 g/mol. The molecule has 1 N–H and O–H groups in total. The normalized spacial score (nSPS) is 11.4. The number of halogens is 2. The van der Waals surface area contributed by atoms with Gasteiger partial charge in [-0.05, 0) is 60.3 Å².